The van der Waals surface area contributed by atoms with E-state index in [2.05, 4.69) is 21.2 Å². The van der Waals surface area contributed by atoms with E-state index in [9.17, 15) is 18.0 Å². The molecule has 9 nitrogen and oxygen atoms in total. The molecule has 0 saturated heterocycles. The van der Waals surface area contributed by atoms with Crippen molar-refractivity contribution in [2.75, 3.05) is 36.9 Å². The number of anilines is 1. The Morgan fingerprint density at radius 3 is 2.50 bits per heavy atom. The summed E-state index contributed by atoms with van der Waals surface area (Å²) in [5, 5.41) is 2.86. The molecule has 0 bridgehead atoms. The number of nitrogens with one attached hydrogen (secondary N) is 1. The van der Waals surface area contributed by atoms with Gasteiger partial charge in [-0.15, -0.1) is 0 Å². The predicted octanol–water partition coefficient (Wildman–Crippen LogP) is 3.32. The highest BCUT2D eigenvalue weighted by atomic mass is 79.9. The number of unbranched alkanes of at least 4 members (excludes halogenated alkanes) is 1. The number of ether oxygens (including phenoxy) is 2. The van der Waals surface area contributed by atoms with Gasteiger partial charge in [-0.1, -0.05) is 41.4 Å². The Balaban J connectivity index is 1.89. The molecule has 196 valence electrons. The molecule has 1 heterocycles. The lowest BCUT2D eigenvalue weighted by Crippen LogP contribution is -2.51. The zero-order valence-corrected chi connectivity index (χ0v) is 23.1. The van der Waals surface area contributed by atoms with Crippen molar-refractivity contribution < 1.29 is 27.5 Å². The van der Waals surface area contributed by atoms with Gasteiger partial charge in [0.1, 0.15) is 25.8 Å². The lowest BCUT2D eigenvalue weighted by atomic mass is 10.1. The van der Waals surface area contributed by atoms with E-state index in [0.717, 1.165) is 33.4 Å². The van der Waals surface area contributed by atoms with Gasteiger partial charge in [0.15, 0.2) is 11.5 Å². The first-order chi connectivity index (χ1) is 17.1. The Labute approximate surface area is 220 Å². The molecule has 1 aliphatic heterocycles. The summed E-state index contributed by atoms with van der Waals surface area (Å²) >= 11 is 3.43. The van der Waals surface area contributed by atoms with Gasteiger partial charge in [0.25, 0.3) is 0 Å². The highest BCUT2D eigenvalue weighted by Crippen LogP contribution is 2.34. The Kier molecular flexibility index (Phi) is 9.61. The van der Waals surface area contributed by atoms with E-state index < -0.39 is 28.5 Å². The summed E-state index contributed by atoms with van der Waals surface area (Å²) in [6, 6.07) is 11.3. The summed E-state index contributed by atoms with van der Waals surface area (Å²) in [6.07, 6.45) is 2.79. The van der Waals surface area contributed by atoms with Crippen LogP contribution in [0.5, 0.6) is 11.5 Å². The molecule has 36 heavy (non-hydrogen) atoms. The van der Waals surface area contributed by atoms with E-state index in [-0.39, 0.29) is 18.1 Å². The number of benzene rings is 2. The minimum absolute atomic E-state index is 0.138. The second-order valence-corrected chi connectivity index (χ2v) is 11.4. The Bertz CT molecular complexity index is 1190. The van der Waals surface area contributed by atoms with E-state index in [1.54, 1.807) is 25.1 Å². The number of carbonyl (C=O) groups is 2. The van der Waals surface area contributed by atoms with Crippen LogP contribution in [0.25, 0.3) is 0 Å². The zero-order chi connectivity index (χ0) is 26.3. The van der Waals surface area contributed by atoms with Gasteiger partial charge in [-0.2, -0.15) is 0 Å². The summed E-state index contributed by atoms with van der Waals surface area (Å²) < 4.78 is 38.4. The third-order valence-electron chi connectivity index (χ3n) is 5.73. The topological polar surface area (TPSA) is 105 Å². The van der Waals surface area contributed by atoms with Crippen molar-refractivity contribution in [2.45, 2.75) is 39.3 Å². The monoisotopic (exact) mass is 581 g/mol. The van der Waals surface area contributed by atoms with Crippen molar-refractivity contribution >= 4 is 43.5 Å². The first kappa shape index (κ1) is 27.8. The molecule has 0 aliphatic carbocycles. The standard InChI is InChI=1S/C25H32BrN3O6S/c1-4-5-11-27-25(31)18(2)28(16-19-7-6-8-20(26)14-19)24(30)17-29(36(3,32)33)21-9-10-22-23(15-21)35-13-12-34-22/h6-10,14-15,18H,4-5,11-13,16-17H2,1-3H3,(H,27,31)/t18-/m0/s1. The Morgan fingerprint density at radius 1 is 1.11 bits per heavy atom. The molecule has 0 unspecified atom stereocenters. The van der Waals surface area contributed by atoms with E-state index in [1.165, 1.54) is 4.90 Å². The molecule has 0 fully saturated rings. The van der Waals surface area contributed by atoms with Crippen LogP contribution in [0.2, 0.25) is 0 Å². The average molecular weight is 583 g/mol. The van der Waals surface area contributed by atoms with Gasteiger partial charge >= 0.3 is 0 Å². The predicted molar refractivity (Wildman–Crippen MR) is 142 cm³/mol. The van der Waals surface area contributed by atoms with Crippen LogP contribution in [0.1, 0.15) is 32.3 Å². The molecule has 1 atom stereocenters. The number of carbonyl (C=O) groups excluding carboxylic acids is 2. The maximum Gasteiger partial charge on any atom is 0.244 e. The molecule has 0 spiro atoms. The second kappa shape index (κ2) is 12.4. The molecular weight excluding hydrogens is 550 g/mol. The van der Waals surface area contributed by atoms with Crippen LogP contribution < -0.4 is 19.1 Å². The first-order valence-corrected chi connectivity index (χ1v) is 14.4. The minimum Gasteiger partial charge on any atom is -0.486 e. The Hall–Kier alpha value is -2.79. The van der Waals surface area contributed by atoms with E-state index in [4.69, 9.17) is 9.47 Å². The lowest BCUT2D eigenvalue weighted by Gasteiger charge is -2.32. The van der Waals surface area contributed by atoms with Crippen LogP contribution in [0.3, 0.4) is 0 Å². The summed E-state index contributed by atoms with van der Waals surface area (Å²) in [5.41, 5.74) is 1.08. The minimum atomic E-state index is -3.83. The van der Waals surface area contributed by atoms with Gasteiger partial charge in [0.05, 0.1) is 11.9 Å². The summed E-state index contributed by atoms with van der Waals surface area (Å²) in [7, 11) is -3.83. The van der Waals surface area contributed by atoms with Crippen LogP contribution >= 0.6 is 15.9 Å². The Morgan fingerprint density at radius 2 is 1.83 bits per heavy atom. The lowest BCUT2D eigenvalue weighted by molar-refractivity contribution is -0.139. The number of amides is 2. The molecule has 0 radical (unpaired) electrons. The largest absolute Gasteiger partial charge is 0.486 e. The molecule has 1 aliphatic rings. The molecule has 2 aromatic rings. The summed E-state index contributed by atoms with van der Waals surface area (Å²) in [6.45, 7) is 4.59. The van der Waals surface area contributed by atoms with Gasteiger partial charge in [0.2, 0.25) is 21.8 Å². The molecule has 0 saturated carbocycles. The van der Waals surface area contributed by atoms with Crippen molar-refractivity contribution in [2.24, 2.45) is 0 Å². The number of halogens is 1. The first-order valence-electron chi connectivity index (χ1n) is 11.8. The van der Waals surface area contributed by atoms with Crippen molar-refractivity contribution in [3.05, 3.63) is 52.5 Å². The fraction of sp³-hybridized carbons (Fsp3) is 0.440. The van der Waals surface area contributed by atoms with E-state index >= 15 is 0 Å². The molecule has 2 amide bonds. The van der Waals surface area contributed by atoms with Crippen molar-refractivity contribution in [1.29, 1.82) is 0 Å². The van der Waals surface area contributed by atoms with Gasteiger partial charge in [-0.05, 0) is 43.2 Å². The van der Waals surface area contributed by atoms with Crippen molar-refractivity contribution in [1.82, 2.24) is 10.2 Å². The normalized spacial score (nSPS) is 13.6. The molecule has 0 aromatic heterocycles. The highest BCUT2D eigenvalue weighted by molar-refractivity contribution is 9.10. The number of sulfonamides is 1. The van der Waals surface area contributed by atoms with E-state index in [0.29, 0.717) is 31.3 Å². The van der Waals surface area contributed by atoms with Crippen LogP contribution in [0, 0.1) is 0 Å². The van der Waals surface area contributed by atoms with Crippen LogP contribution in [0.15, 0.2) is 46.9 Å². The van der Waals surface area contributed by atoms with Crippen molar-refractivity contribution in [3.8, 4) is 11.5 Å². The third-order valence-corrected chi connectivity index (χ3v) is 7.37. The molecule has 3 rings (SSSR count). The summed E-state index contributed by atoms with van der Waals surface area (Å²) in [4.78, 5) is 27.9. The van der Waals surface area contributed by atoms with Gasteiger partial charge in [-0.25, -0.2) is 8.42 Å². The molecule has 11 heteroatoms. The molecule has 2 aromatic carbocycles. The number of hydrogen-bond donors (Lipinski definition) is 1. The summed E-state index contributed by atoms with van der Waals surface area (Å²) in [5.74, 6) is 0.124. The van der Waals surface area contributed by atoms with Crippen LogP contribution in [-0.2, 0) is 26.2 Å². The maximum atomic E-state index is 13.6. The van der Waals surface area contributed by atoms with Gasteiger partial charge in [0, 0.05) is 23.6 Å². The third kappa shape index (κ3) is 7.36. The number of nitrogens with zero attached hydrogens (tertiary/aromatic N) is 2. The second-order valence-electron chi connectivity index (χ2n) is 8.57. The average Bonchev–Trinajstić information content (AvgIpc) is 2.84. The quantitative estimate of drug-likeness (QED) is 0.408. The van der Waals surface area contributed by atoms with E-state index in [1.807, 2.05) is 31.2 Å². The fourth-order valence-corrected chi connectivity index (χ4v) is 5.04. The highest BCUT2D eigenvalue weighted by Gasteiger charge is 2.30. The van der Waals surface area contributed by atoms with Gasteiger partial charge < -0.3 is 19.7 Å². The maximum absolute atomic E-state index is 13.6. The number of rotatable bonds is 11. The zero-order valence-electron chi connectivity index (χ0n) is 20.7. The molecule has 1 N–H and O–H groups in total. The number of hydrogen-bond acceptors (Lipinski definition) is 6. The van der Waals surface area contributed by atoms with Gasteiger partial charge in [-0.3, -0.25) is 13.9 Å². The van der Waals surface area contributed by atoms with Crippen molar-refractivity contribution in [3.63, 3.8) is 0 Å². The molecular formula is C25H32BrN3O6S. The number of fused-ring (bicyclic) bond motifs is 1. The van der Waals surface area contributed by atoms with Crippen LogP contribution in [0.4, 0.5) is 5.69 Å². The SMILES string of the molecule is CCCCNC(=O)[C@H](C)N(Cc1cccc(Br)c1)C(=O)CN(c1ccc2c(c1)OCCO2)S(C)(=O)=O. The fourth-order valence-electron chi connectivity index (χ4n) is 3.75. The smallest absolute Gasteiger partial charge is 0.244 e. The van der Waals surface area contributed by atoms with Crippen LogP contribution in [-0.4, -0.2) is 63.7 Å².